The SMILES string of the molecule is CC1CCCCCC1NCc1ccc(CO)o1. The van der Waals surface area contributed by atoms with Crippen LogP contribution in [0.5, 0.6) is 0 Å². The first kappa shape index (κ1) is 12.7. The van der Waals surface area contributed by atoms with Crippen molar-refractivity contribution >= 4 is 0 Å². The Balaban J connectivity index is 1.83. The van der Waals surface area contributed by atoms with Crippen LogP contribution < -0.4 is 5.32 Å². The number of aliphatic hydroxyl groups excluding tert-OH is 1. The highest BCUT2D eigenvalue weighted by Gasteiger charge is 2.19. The molecule has 1 aromatic heterocycles. The van der Waals surface area contributed by atoms with Gasteiger partial charge in [0, 0.05) is 6.04 Å². The molecular weight excluding hydrogens is 214 g/mol. The maximum absolute atomic E-state index is 8.93. The van der Waals surface area contributed by atoms with Gasteiger partial charge >= 0.3 is 0 Å². The second-order valence-electron chi connectivity index (χ2n) is 5.13. The molecule has 1 fully saturated rings. The summed E-state index contributed by atoms with van der Waals surface area (Å²) in [6, 6.07) is 4.40. The van der Waals surface area contributed by atoms with Gasteiger partial charge in [-0.15, -0.1) is 0 Å². The van der Waals surface area contributed by atoms with E-state index in [-0.39, 0.29) is 6.61 Å². The average molecular weight is 237 g/mol. The molecule has 0 radical (unpaired) electrons. The standard InChI is InChI=1S/C14H23NO2/c1-11-5-3-2-4-6-14(11)15-9-12-7-8-13(10-16)17-12/h7-8,11,14-16H,2-6,9-10H2,1H3. The molecule has 96 valence electrons. The fraction of sp³-hybridized carbons (Fsp3) is 0.714. The molecule has 1 aromatic rings. The van der Waals surface area contributed by atoms with Gasteiger partial charge in [0.2, 0.25) is 0 Å². The topological polar surface area (TPSA) is 45.4 Å². The highest BCUT2D eigenvalue weighted by molar-refractivity contribution is 5.06. The first-order valence-electron chi connectivity index (χ1n) is 6.71. The Morgan fingerprint density at radius 3 is 2.76 bits per heavy atom. The van der Waals surface area contributed by atoms with Crippen molar-refractivity contribution in [3.05, 3.63) is 23.7 Å². The van der Waals surface area contributed by atoms with Crippen molar-refractivity contribution in [2.45, 2.75) is 58.2 Å². The molecule has 0 aromatic carbocycles. The highest BCUT2D eigenvalue weighted by atomic mass is 16.4. The first-order valence-corrected chi connectivity index (χ1v) is 6.71. The minimum atomic E-state index is -0.0141. The zero-order valence-electron chi connectivity index (χ0n) is 10.6. The Kier molecular flexibility index (Phi) is 4.63. The predicted molar refractivity (Wildman–Crippen MR) is 67.5 cm³/mol. The molecular formula is C14H23NO2. The largest absolute Gasteiger partial charge is 0.462 e. The van der Waals surface area contributed by atoms with Gasteiger partial charge in [0.05, 0.1) is 6.54 Å². The molecule has 2 unspecified atom stereocenters. The maximum Gasteiger partial charge on any atom is 0.129 e. The molecule has 3 heteroatoms. The summed E-state index contributed by atoms with van der Waals surface area (Å²) < 4.78 is 5.48. The van der Waals surface area contributed by atoms with Gasteiger partial charge in [-0.3, -0.25) is 0 Å². The number of rotatable bonds is 4. The number of aliphatic hydroxyl groups is 1. The zero-order chi connectivity index (χ0) is 12.1. The Morgan fingerprint density at radius 1 is 1.24 bits per heavy atom. The number of nitrogens with one attached hydrogen (secondary N) is 1. The van der Waals surface area contributed by atoms with Crippen LogP contribution in [0.3, 0.4) is 0 Å². The van der Waals surface area contributed by atoms with Crippen molar-refractivity contribution in [1.29, 1.82) is 0 Å². The van der Waals surface area contributed by atoms with Crippen LogP contribution in [-0.2, 0) is 13.2 Å². The van der Waals surface area contributed by atoms with E-state index in [1.54, 1.807) is 0 Å². The molecule has 0 aliphatic heterocycles. The third-order valence-electron chi connectivity index (χ3n) is 3.77. The van der Waals surface area contributed by atoms with Gasteiger partial charge in [-0.05, 0) is 30.9 Å². The van der Waals surface area contributed by atoms with Crippen LogP contribution in [0.4, 0.5) is 0 Å². The maximum atomic E-state index is 8.93. The van der Waals surface area contributed by atoms with E-state index in [1.165, 1.54) is 32.1 Å². The molecule has 0 bridgehead atoms. The van der Waals surface area contributed by atoms with E-state index in [9.17, 15) is 0 Å². The van der Waals surface area contributed by atoms with Gasteiger partial charge in [0.25, 0.3) is 0 Å². The molecule has 17 heavy (non-hydrogen) atoms. The molecule has 1 aliphatic rings. The summed E-state index contributed by atoms with van der Waals surface area (Å²) in [5, 5.41) is 12.5. The van der Waals surface area contributed by atoms with Crippen molar-refractivity contribution in [2.24, 2.45) is 5.92 Å². The van der Waals surface area contributed by atoms with Crippen LogP contribution in [-0.4, -0.2) is 11.1 Å². The summed E-state index contributed by atoms with van der Waals surface area (Å²) >= 11 is 0. The second kappa shape index (κ2) is 6.22. The monoisotopic (exact) mass is 237 g/mol. The molecule has 1 aliphatic carbocycles. The van der Waals surface area contributed by atoms with Crippen LogP contribution in [0.25, 0.3) is 0 Å². The third kappa shape index (κ3) is 3.58. The van der Waals surface area contributed by atoms with Gasteiger partial charge in [-0.1, -0.05) is 26.2 Å². The molecule has 2 rings (SSSR count). The van der Waals surface area contributed by atoms with Crippen LogP contribution in [0.2, 0.25) is 0 Å². The number of hydrogen-bond acceptors (Lipinski definition) is 3. The molecule has 2 N–H and O–H groups in total. The molecule has 0 amide bonds. The van der Waals surface area contributed by atoms with Gasteiger partial charge in [0.15, 0.2) is 0 Å². The Morgan fingerprint density at radius 2 is 2.00 bits per heavy atom. The van der Waals surface area contributed by atoms with E-state index in [1.807, 2.05) is 12.1 Å². The van der Waals surface area contributed by atoms with E-state index < -0.39 is 0 Å². The van der Waals surface area contributed by atoms with E-state index in [0.717, 1.165) is 18.2 Å². The summed E-state index contributed by atoms with van der Waals surface area (Å²) in [4.78, 5) is 0. The minimum Gasteiger partial charge on any atom is -0.462 e. The van der Waals surface area contributed by atoms with E-state index in [4.69, 9.17) is 9.52 Å². The van der Waals surface area contributed by atoms with Crippen LogP contribution >= 0.6 is 0 Å². The summed E-state index contributed by atoms with van der Waals surface area (Å²) in [6.07, 6.45) is 6.68. The normalized spacial score (nSPS) is 25.8. The Hall–Kier alpha value is -0.800. The molecule has 0 saturated heterocycles. The van der Waals surface area contributed by atoms with Gasteiger partial charge in [-0.25, -0.2) is 0 Å². The highest BCUT2D eigenvalue weighted by Crippen LogP contribution is 2.23. The lowest BCUT2D eigenvalue weighted by Gasteiger charge is -2.22. The first-order chi connectivity index (χ1) is 8.29. The lowest BCUT2D eigenvalue weighted by molar-refractivity contribution is 0.241. The average Bonchev–Trinajstić information content (AvgIpc) is 2.70. The smallest absolute Gasteiger partial charge is 0.129 e. The predicted octanol–water partition coefficient (Wildman–Crippen LogP) is 2.83. The summed E-state index contributed by atoms with van der Waals surface area (Å²) in [6.45, 7) is 3.10. The van der Waals surface area contributed by atoms with Crippen molar-refractivity contribution in [3.8, 4) is 0 Å². The van der Waals surface area contributed by atoms with Crippen molar-refractivity contribution < 1.29 is 9.52 Å². The number of furan rings is 1. The van der Waals surface area contributed by atoms with Gasteiger partial charge < -0.3 is 14.8 Å². The third-order valence-corrected chi connectivity index (χ3v) is 3.77. The van der Waals surface area contributed by atoms with Crippen molar-refractivity contribution in [1.82, 2.24) is 5.32 Å². The minimum absolute atomic E-state index is 0.0141. The second-order valence-corrected chi connectivity index (χ2v) is 5.13. The molecule has 3 nitrogen and oxygen atoms in total. The quantitative estimate of drug-likeness (QED) is 0.791. The van der Waals surface area contributed by atoms with E-state index in [2.05, 4.69) is 12.2 Å². The molecule has 1 heterocycles. The molecule has 1 saturated carbocycles. The van der Waals surface area contributed by atoms with Crippen LogP contribution in [0, 0.1) is 5.92 Å². The van der Waals surface area contributed by atoms with Gasteiger partial charge in [0.1, 0.15) is 18.1 Å². The van der Waals surface area contributed by atoms with Crippen LogP contribution in [0.15, 0.2) is 16.5 Å². The summed E-state index contributed by atoms with van der Waals surface area (Å²) in [7, 11) is 0. The zero-order valence-corrected chi connectivity index (χ0v) is 10.6. The van der Waals surface area contributed by atoms with Gasteiger partial charge in [-0.2, -0.15) is 0 Å². The summed E-state index contributed by atoms with van der Waals surface area (Å²) in [5.74, 6) is 2.32. The molecule has 0 spiro atoms. The summed E-state index contributed by atoms with van der Waals surface area (Å²) in [5.41, 5.74) is 0. The Bertz CT molecular complexity index is 335. The molecule has 2 atom stereocenters. The van der Waals surface area contributed by atoms with E-state index >= 15 is 0 Å². The lowest BCUT2D eigenvalue weighted by atomic mass is 9.97. The fourth-order valence-corrected chi connectivity index (χ4v) is 2.63. The van der Waals surface area contributed by atoms with E-state index in [0.29, 0.717) is 11.8 Å². The van der Waals surface area contributed by atoms with Crippen molar-refractivity contribution in [3.63, 3.8) is 0 Å². The number of hydrogen-bond donors (Lipinski definition) is 2. The van der Waals surface area contributed by atoms with Crippen molar-refractivity contribution in [2.75, 3.05) is 0 Å². The fourth-order valence-electron chi connectivity index (χ4n) is 2.63. The lowest BCUT2D eigenvalue weighted by Crippen LogP contribution is -2.33. The Labute approximate surface area is 103 Å². The van der Waals surface area contributed by atoms with Crippen LogP contribution in [0.1, 0.15) is 50.5 Å².